The van der Waals surface area contributed by atoms with E-state index in [0.29, 0.717) is 11.6 Å². The van der Waals surface area contributed by atoms with Gasteiger partial charge in [0.15, 0.2) is 11.5 Å². The molecule has 1 aromatic rings. The smallest absolute Gasteiger partial charge is 0.273 e. The molecule has 1 N–H and O–H groups in total. The molecule has 20 heavy (non-hydrogen) atoms. The maximum atomic E-state index is 11.7. The molecule has 0 bridgehead atoms. The van der Waals surface area contributed by atoms with Crippen LogP contribution in [0.25, 0.3) is 0 Å². The summed E-state index contributed by atoms with van der Waals surface area (Å²) in [4.78, 5) is 15.4. The van der Waals surface area contributed by atoms with Gasteiger partial charge >= 0.3 is 0 Å². The number of aromatic nitrogens is 2. The molecule has 1 amide bonds. The summed E-state index contributed by atoms with van der Waals surface area (Å²) in [7, 11) is 5.45. The maximum absolute atomic E-state index is 11.7. The van der Waals surface area contributed by atoms with Crippen LogP contribution in [0, 0.1) is 5.92 Å². The second-order valence-corrected chi connectivity index (χ2v) is 5.55. The number of piperidine rings is 1. The molecule has 1 saturated heterocycles. The van der Waals surface area contributed by atoms with E-state index in [1.54, 1.807) is 20.2 Å². The standard InChI is InChI=1S/C14H23N5O/c1-18(2)14(20)12-4-5-13(17-16-12)19(3)10-11-6-8-15-9-7-11/h4-5,11,15H,6-10H2,1-3H3. The molecule has 0 atom stereocenters. The van der Waals surface area contributed by atoms with Crippen LogP contribution in [0.2, 0.25) is 0 Å². The first-order valence-corrected chi connectivity index (χ1v) is 7.05. The van der Waals surface area contributed by atoms with E-state index in [2.05, 4.69) is 20.4 Å². The van der Waals surface area contributed by atoms with Crippen LogP contribution in [-0.4, -0.2) is 61.8 Å². The summed E-state index contributed by atoms with van der Waals surface area (Å²) < 4.78 is 0. The fourth-order valence-corrected chi connectivity index (χ4v) is 2.42. The molecule has 0 radical (unpaired) electrons. The first kappa shape index (κ1) is 14.7. The van der Waals surface area contributed by atoms with Gasteiger partial charge in [0.2, 0.25) is 0 Å². The van der Waals surface area contributed by atoms with Crippen molar-refractivity contribution in [1.29, 1.82) is 0 Å². The third-order valence-corrected chi connectivity index (χ3v) is 3.66. The van der Waals surface area contributed by atoms with Gasteiger partial charge in [-0.1, -0.05) is 0 Å². The van der Waals surface area contributed by atoms with Gasteiger partial charge in [-0.2, -0.15) is 0 Å². The van der Waals surface area contributed by atoms with E-state index in [-0.39, 0.29) is 5.91 Å². The number of hydrogen-bond acceptors (Lipinski definition) is 5. The molecule has 1 aliphatic heterocycles. The molecule has 1 fully saturated rings. The Morgan fingerprint density at radius 1 is 1.25 bits per heavy atom. The van der Waals surface area contributed by atoms with Gasteiger partial charge in [-0.25, -0.2) is 0 Å². The fraction of sp³-hybridized carbons (Fsp3) is 0.643. The Morgan fingerprint density at radius 3 is 2.50 bits per heavy atom. The van der Waals surface area contributed by atoms with Gasteiger partial charge in [0, 0.05) is 27.7 Å². The lowest BCUT2D eigenvalue weighted by Crippen LogP contribution is -2.35. The number of anilines is 1. The Labute approximate surface area is 120 Å². The predicted molar refractivity (Wildman–Crippen MR) is 78.9 cm³/mol. The highest BCUT2D eigenvalue weighted by molar-refractivity contribution is 5.91. The number of nitrogens with one attached hydrogen (secondary N) is 1. The topological polar surface area (TPSA) is 61.4 Å². The van der Waals surface area contributed by atoms with Crippen LogP contribution in [0.3, 0.4) is 0 Å². The average Bonchev–Trinajstić information content (AvgIpc) is 2.47. The number of carbonyl (C=O) groups is 1. The second-order valence-electron chi connectivity index (χ2n) is 5.55. The summed E-state index contributed by atoms with van der Waals surface area (Å²) in [5, 5.41) is 11.5. The summed E-state index contributed by atoms with van der Waals surface area (Å²) in [5.74, 6) is 1.40. The van der Waals surface area contributed by atoms with Crippen molar-refractivity contribution in [2.45, 2.75) is 12.8 Å². The zero-order valence-electron chi connectivity index (χ0n) is 12.5. The van der Waals surface area contributed by atoms with Crippen LogP contribution in [0.15, 0.2) is 12.1 Å². The molecule has 2 heterocycles. The maximum Gasteiger partial charge on any atom is 0.273 e. The second kappa shape index (κ2) is 6.65. The molecule has 1 aliphatic rings. The van der Waals surface area contributed by atoms with Crippen LogP contribution >= 0.6 is 0 Å². The predicted octanol–water partition coefficient (Wildman–Crippen LogP) is 0.614. The van der Waals surface area contributed by atoms with Gasteiger partial charge in [-0.15, -0.1) is 10.2 Å². The number of amides is 1. The first-order chi connectivity index (χ1) is 9.58. The fourth-order valence-electron chi connectivity index (χ4n) is 2.42. The summed E-state index contributed by atoms with van der Waals surface area (Å²) in [6.07, 6.45) is 2.41. The van der Waals surface area contributed by atoms with Gasteiger partial charge in [0.25, 0.3) is 5.91 Å². The third kappa shape index (κ3) is 3.66. The van der Waals surface area contributed by atoms with E-state index in [1.165, 1.54) is 17.7 Å². The number of hydrogen-bond donors (Lipinski definition) is 1. The van der Waals surface area contributed by atoms with Crippen molar-refractivity contribution in [3.8, 4) is 0 Å². The minimum atomic E-state index is -0.120. The lowest BCUT2D eigenvalue weighted by atomic mass is 9.98. The molecule has 0 aliphatic carbocycles. The molecule has 110 valence electrons. The largest absolute Gasteiger partial charge is 0.358 e. The molecule has 0 saturated carbocycles. The zero-order chi connectivity index (χ0) is 14.5. The highest BCUT2D eigenvalue weighted by Crippen LogP contribution is 2.16. The van der Waals surface area contributed by atoms with E-state index in [9.17, 15) is 4.79 Å². The molecular formula is C14H23N5O. The van der Waals surface area contributed by atoms with Crippen molar-refractivity contribution < 1.29 is 4.79 Å². The quantitative estimate of drug-likeness (QED) is 0.874. The minimum absolute atomic E-state index is 0.120. The number of rotatable bonds is 4. The minimum Gasteiger partial charge on any atom is -0.358 e. The SMILES string of the molecule is CN(C)C(=O)c1ccc(N(C)CC2CCNCC2)nn1. The molecular weight excluding hydrogens is 254 g/mol. The normalized spacial score (nSPS) is 15.9. The average molecular weight is 277 g/mol. The summed E-state index contributed by atoms with van der Waals surface area (Å²) in [5.41, 5.74) is 0.383. The van der Waals surface area contributed by atoms with E-state index in [4.69, 9.17) is 0 Å². The van der Waals surface area contributed by atoms with E-state index >= 15 is 0 Å². The molecule has 0 spiro atoms. The zero-order valence-corrected chi connectivity index (χ0v) is 12.5. The van der Waals surface area contributed by atoms with Crippen LogP contribution in [-0.2, 0) is 0 Å². The van der Waals surface area contributed by atoms with Crippen molar-refractivity contribution in [3.05, 3.63) is 17.8 Å². The lowest BCUT2D eigenvalue weighted by Gasteiger charge is -2.27. The van der Waals surface area contributed by atoms with Crippen LogP contribution in [0.4, 0.5) is 5.82 Å². The van der Waals surface area contributed by atoms with E-state index < -0.39 is 0 Å². The van der Waals surface area contributed by atoms with Crippen LogP contribution in [0.5, 0.6) is 0 Å². The van der Waals surface area contributed by atoms with Crippen molar-refractivity contribution >= 4 is 11.7 Å². The Balaban J connectivity index is 1.96. The Hall–Kier alpha value is -1.69. The van der Waals surface area contributed by atoms with Crippen LogP contribution < -0.4 is 10.2 Å². The molecule has 2 rings (SSSR count). The lowest BCUT2D eigenvalue weighted by molar-refractivity contribution is 0.0821. The van der Waals surface area contributed by atoms with Gasteiger partial charge < -0.3 is 15.1 Å². The van der Waals surface area contributed by atoms with E-state index in [1.807, 2.05) is 13.1 Å². The number of nitrogens with zero attached hydrogens (tertiary/aromatic N) is 4. The van der Waals surface area contributed by atoms with Crippen molar-refractivity contribution in [1.82, 2.24) is 20.4 Å². The van der Waals surface area contributed by atoms with Crippen molar-refractivity contribution in [2.24, 2.45) is 5.92 Å². The summed E-state index contributed by atoms with van der Waals surface area (Å²) >= 11 is 0. The highest BCUT2D eigenvalue weighted by Gasteiger charge is 2.17. The molecule has 6 nitrogen and oxygen atoms in total. The van der Waals surface area contributed by atoms with Crippen LogP contribution in [0.1, 0.15) is 23.3 Å². The van der Waals surface area contributed by atoms with E-state index in [0.717, 1.165) is 25.5 Å². The number of carbonyl (C=O) groups excluding carboxylic acids is 1. The molecule has 6 heteroatoms. The highest BCUT2D eigenvalue weighted by atomic mass is 16.2. The first-order valence-electron chi connectivity index (χ1n) is 7.05. The third-order valence-electron chi connectivity index (χ3n) is 3.66. The molecule has 0 aromatic carbocycles. The van der Waals surface area contributed by atoms with Gasteiger partial charge in [-0.3, -0.25) is 4.79 Å². The molecule has 1 aromatic heterocycles. The Bertz CT molecular complexity index is 439. The van der Waals surface area contributed by atoms with Crippen molar-refractivity contribution in [3.63, 3.8) is 0 Å². The molecule has 0 unspecified atom stereocenters. The van der Waals surface area contributed by atoms with Gasteiger partial charge in [0.05, 0.1) is 0 Å². The summed E-state index contributed by atoms with van der Waals surface area (Å²) in [6, 6.07) is 3.61. The van der Waals surface area contributed by atoms with Gasteiger partial charge in [-0.05, 0) is 44.0 Å². The monoisotopic (exact) mass is 277 g/mol. The summed E-state index contributed by atoms with van der Waals surface area (Å²) in [6.45, 7) is 3.18. The Morgan fingerprint density at radius 2 is 1.95 bits per heavy atom. The van der Waals surface area contributed by atoms with Crippen molar-refractivity contribution in [2.75, 3.05) is 45.7 Å². The van der Waals surface area contributed by atoms with Gasteiger partial charge in [0.1, 0.15) is 0 Å². The Kier molecular flexibility index (Phi) is 4.89.